The number of hydrogen-bond acceptors (Lipinski definition) is 2. The normalized spacial score (nSPS) is 19.6. The van der Waals surface area contributed by atoms with E-state index in [2.05, 4.69) is 12.2 Å². The zero-order valence-corrected chi connectivity index (χ0v) is 9.74. The van der Waals surface area contributed by atoms with Crippen LogP contribution in [0.3, 0.4) is 0 Å². The zero-order valence-electron chi connectivity index (χ0n) is 8.93. The van der Waals surface area contributed by atoms with Crippen LogP contribution in [-0.2, 0) is 0 Å². The minimum absolute atomic E-state index is 0.409. The molecule has 1 N–H and O–H groups in total. The maximum Gasteiger partial charge on any atom is 0.336 e. The summed E-state index contributed by atoms with van der Waals surface area (Å²) >= 11 is 1.65. The molecule has 0 aromatic heterocycles. The molecule has 0 bridgehead atoms. The molecule has 3 heteroatoms. The Morgan fingerprint density at radius 2 is 2.19 bits per heavy atom. The van der Waals surface area contributed by atoms with Gasteiger partial charge in [0.1, 0.15) is 0 Å². The van der Waals surface area contributed by atoms with Crippen LogP contribution in [0.1, 0.15) is 29.6 Å². The van der Waals surface area contributed by atoms with E-state index in [1.54, 1.807) is 23.9 Å². The molecule has 1 aromatic rings. The molecule has 84 valence electrons. The van der Waals surface area contributed by atoms with Gasteiger partial charge in [0, 0.05) is 10.1 Å². The van der Waals surface area contributed by atoms with Gasteiger partial charge in [-0.05, 0) is 31.4 Å². The summed E-state index contributed by atoms with van der Waals surface area (Å²) in [7, 11) is 0. The summed E-state index contributed by atoms with van der Waals surface area (Å²) in [6, 6.07) is 7.21. The number of benzene rings is 1. The fourth-order valence-corrected chi connectivity index (χ4v) is 3.03. The Labute approximate surface area is 99.4 Å². The number of hydrogen-bond donors (Lipinski definition) is 1. The number of rotatable bonds is 3. The molecule has 16 heavy (non-hydrogen) atoms. The molecular formula is C13H14O2S. The van der Waals surface area contributed by atoms with Gasteiger partial charge in [-0.25, -0.2) is 4.79 Å². The SMILES string of the molecule is O=C(O)c1ccccc1SC1C=CCCC1. The van der Waals surface area contributed by atoms with Crippen molar-refractivity contribution in [2.75, 3.05) is 0 Å². The predicted molar refractivity (Wildman–Crippen MR) is 66.0 cm³/mol. The van der Waals surface area contributed by atoms with Gasteiger partial charge in [0.2, 0.25) is 0 Å². The van der Waals surface area contributed by atoms with E-state index in [1.165, 1.54) is 6.42 Å². The van der Waals surface area contributed by atoms with Gasteiger partial charge in [0.15, 0.2) is 0 Å². The highest BCUT2D eigenvalue weighted by Gasteiger charge is 2.14. The Morgan fingerprint density at radius 3 is 2.88 bits per heavy atom. The van der Waals surface area contributed by atoms with Crippen LogP contribution in [0.15, 0.2) is 41.3 Å². The van der Waals surface area contributed by atoms with Crippen LogP contribution >= 0.6 is 11.8 Å². The molecular weight excluding hydrogens is 220 g/mol. The molecule has 2 nitrogen and oxygen atoms in total. The molecule has 0 fully saturated rings. The molecule has 1 unspecified atom stereocenters. The first kappa shape index (κ1) is 11.3. The fourth-order valence-electron chi connectivity index (χ4n) is 1.79. The minimum Gasteiger partial charge on any atom is -0.478 e. The summed E-state index contributed by atoms with van der Waals surface area (Å²) in [5, 5.41) is 9.49. The van der Waals surface area contributed by atoms with Crippen molar-refractivity contribution < 1.29 is 9.90 Å². The second kappa shape index (κ2) is 5.21. The first-order valence-corrected chi connectivity index (χ1v) is 6.31. The fraction of sp³-hybridized carbons (Fsp3) is 0.308. The van der Waals surface area contributed by atoms with E-state index in [4.69, 9.17) is 5.11 Å². The summed E-state index contributed by atoms with van der Waals surface area (Å²) < 4.78 is 0. The molecule has 0 aliphatic heterocycles. The Hall–Kier alpha value is -1.22. The predicted octanol–water partition coefficient (Wildman–Crippen LogP) is 3.59. The van der Waals surface area contributed by atoms with Crippen LogP contribution in [-0.4, -0.2) is 16.3 Å². The first-order valence-electron chi connectivity index (χ1n) is 5.43. The maximum absolute atomic E-state index is 11.0. The van der Waals surface area contributed by atoms with Crippen molar-refractivity contribution in [3.8, 4) is 0 Å². The molecule has 0 amide bonds. The third kappa shape index (κ3) is 2.67. The van der Waals surface area contributed by atoms with Gasteiger partial charge in [-0.15, -0.1) is 11.8 Å². The molecule has 1 aromatic carbocycles. The highest BCUT2D eigenvalue weighted by atomic mass is 32.2. The Balaban J connectivity index is 2.17. The summed E-state index contributed by atoms with van der Waals surface area (Å²) in [5.41, 5.74) is 0.409. The number of carboxylic acid groups (broad SMARTS) is 1. The number of allylic oxidation sites excluding steroid dienone is 1. The summed E-state index contributed by atoms with van der Waals surface area (Å²) in [6.45, 7) is 0. The molecule has 1 aliphatic carbocycles. The zero-order chi connectivity index (χ0) is 11.4. The van der Waals surface area contributed by atoms with Crippen molar-refractivity contribution in [2.24, 2.45) is 0 Å². The van der Waals surface area contributed by atoms with E-state index in [-0.39, 0.29) is 0 Å². The van der Waals surface area contributed by atoms with Crippen molar-refractivity contribution in [1.82, 2.24) is 0 Å². The van der Waals surface area contributed by atoms with Crippen molar-refractivity contribution in [1.29, 1.82) is 0 Å². The molecule has 0 radical (unpaired) electrons. The van der Waals surface area contributed by atoms with E-state index in [1.807, 2.05) is 12.1 Å². The van der Waals surface area contributed by atoms with Crippen LogP contribution in [0.25, 0.3) is 0 Å². The van der Waals surface area contributed by atoms with E-state index < -0.39 is 5.97 Å². The summed E-state index contributed by atoms with van der Waals surface area (Å²) in [5.74, 6) is -0.845. The molecule has 0 saturated heterocycles. The van der Waals surface area contributed by atoms with E-state index >= 15 is 0 Å². The lowest BCUT2D eigenvalue weighted by atomic mass is 10.1. The largest absolute Gasteiger partial charge is 0.478 e. The molecule has 0 saturated carbocycles. The van der Waals surface area contributed by atoms with Gasteiger partial charge in [-0.3, -0.25) is 0 Å². The minimum atomic E-state index is -0.845. The summed E-state index contributed by atoms with van der Waals surface area (Å²) in [6.07, 6.45) is 7.85. The lowest BCUT2D eigenvalue weighted by molar-refractivity contribution is 0.0693. The average Bonchev–Trinajstić information content (AvgIpc) is 2.31. The smallest absolute Gasteiger partial charge is 0.336 e. The summed E-state index contributed by atoms with van der Waals surface area (Å²) in [4.78, 5) is 11.9. The van der Waals surface area contributed by atoms with Crippen molar-refractivity contribution >= 4 is 17.7 Å². The van der Waals surface area contributed by atoms with Crippen molar-refractivity contribution in [3.05, 3.63) is 42.0 Å². The lowest BCUT2D eigenvalue weighted by Crippen LogP contribution is -2.05. The topological polar surface area (TPSA) is 37.3 Å². The van der Waals surface area contributed by atoms with Gasteiger partial charge in [0.25, 0.3) is 0 Å². The monoisotopic (exact) mass is 234 g/mol. The highest BCUT2D eigenvalue weighted by molar-refractivity contribution is 8.00. The lowest BCUT2D eigenvalue weighted by Gasteiger charge is -2.16. The molecule has 1 aliphatic rings. The van der Waals surface area contributed by atoms with E-state index in [0.717, 1.165) is 17.7 Å². The molecule has 0 heterocycles. The first-order chi connectivity index (χ1) is 7.77. The molecule has 2 rings (SSSR count). The third-order valence-electron chi connectivity index (χ3n) is 2.61. The van der Waals surface area contributed by atoms with Gasteiger partial charge >= 0.3 is 5.97 Å². The van der Waals surface area contributed by atoms with Gasteiger partial charge < -0.3 is 5.11 Å². The van der Waals surface area contributed by atoms with Crippen LogP contribution in [0.2, 0.25) is 0 Å². The number of aromatic carboxylic acids is 1. The third-order valence-corrected chi connectivity index (χ3v) is 3.91. The number of thioether (sulfide) groups is 1. The number of carboxylic acids is 1. The highest BCUT2D eigenvalue weighted by Crippen LogP contribution is 2.32. The standard InChI is InChI=1S/C13H14O2S/c14-13(15)11-8-4-5-9-12(11)16-10-6-2-1-3-7-10/h2,4-6,8-10H,1,3,7H2,(H,14,15). The van der Waals surface area contributed by atoms with Crippen LogP contribution in [0, 0.1) is 0 Å². The van der Waals surface area contributed by atoms with E-state index in [9.17, 15) is 4.79 Å². The van der Waals surface area contributed by atoms with Crippen molar-refractivity contribution in [2.45, 2.75) is 29.4 Å². The molecule has 1 atom stereocenters. The second-order valence-corrected chi connectivity index (χ2v) is 5.10. The Bertz CT molecular complexity index is 412. The number of carbonyl (C=O) groups is 1. The van der Waals surface area contributed by atoms with Crippen LogP contribution in [0.5, 0.6) is 0 Å². The van der Waals surface area contributed by atoms with E-state index in [0.29, 0.717) is 10.8 Å². The molecule has 0 spiro atoms. The maximum atomic E-state index is 11.0. The van der Waals surface area contributed by atoms with Crippen molar-refractivity contribution in [3.63, 3.8) is 0 Å². The average molecular weight is 234 g/mol. The van der Waals surface area contributed by atoms with Gasteiger partial charge in [0.05, 0.1) is 5.56 Å². The second-order valence-electron chi connectivity index (χ2n) is 3.82. The van der Waals surface area contributed by atoms with Gasteiger partial charge in [-0.1, -0.05) is 24.3 Å². The van der Waals surface area contributed by atoms with Gasteiger partial charge in [-0.2, -0.15) is 0 Å². The van der Waals surface area contributed by atoms with Crippen LogP contribution in [0.4, 0.5) is 0 Å². The quantitative estimate of drug-likeness (QED) is 0.812. The van der Waals surface area contributed by atoms with Crippen LogP contribution < -0.4 is 0 Å². The Morgan fingerprint density at radius 1 is 1.38 bits per heavy atom. The Kier molecular flexibility index (Phi) is 3.67.